The fourth-order valence-electron chi connectivity index (χ4n) is 1.39. The van der Waals surface area contributed by atoms with E-state index in [-0.39, 0.29) is 15.1 Å². The Morgan fingerprint density at radius 1 is 1.47 bits per heavy atom. The maximum absolute atomic E-state index is 11.5. The van der Waals surface area contributed by atoms with Gasteiger partial charge in [0, 0.05) is 0 Å². The van der Waals surface area contributed by atoms with Gasteiger partial charge in [0.2, 0.25) is 10.0 Å². The molecule has 1 aromatic rings. The van der Waals surface area contributed by atoms with Gasteiger partial charge in [-0.15, -0.1) is 11.3 Å². The van der Waals surface area contributed by atoms with Crippen LogP contribution in [0.5, 0.6) is 0 Å². The van der Waals surface area contributed by atoms with Crippen molar-refractivity contribution in [2.75, 3.05) is 5.33 Å². The van der Waals surface area contributed by atoms with Crippen molar-refractivity contribution in [3.63, 3.8) is 0 Å². The van der Waals surface area contributed by atoms with Crippen LogP contribution in [-0.2, 0) is 25.3 Å². The molecule has 17 heavy (non-hydrogen) atoms. The number of halogens is 2. The number of alkyl halides is 1. The predicted molar refractivity (Wildman–Crippen MR) is 67.5 cm³/mol. The molecule has 1 aliphatic heterocycles. The molecule has 0 atom stereocenters. The average Bonchev–Trinajstić information content (AvgIpc) is 2.83. The number of ether oxygens (including phenoxy) is 2. The van der Waals surface area contributed by atoms with Crippen LogP contribution in [0.4, 0.5) is 0 Å². The molecule has 0 saturated heterocycles. The van der Waals surface area contributed by atoms with Crippen LogP contribution in [0.25, 0.3) is 0 Å². The smallest absolute Gasteiger partial charge is 0.288 e. The van der Waals surface area contributed by atoms with E-state index in [0.717, 1.165) is 11.3 Å². The Labute approximate surface area is 115 Å². The number of hydrogen-bond acceptors (Lipinski definition) is 5. The van der Waals surface area contributed by atoms with Crippen LogP contribution < -0.4 is 5.14 Å². The van der Waals surface area contributed by atoms with Crippen LogP contribution in [-0.4, -0.2) is 13.7 Å². The summed E-state index contributed by atoms with van der Waals surface area (Å²) in [4.78, 5) is 0. The first-order chi connectivity index (χ1) is 7.89. The second-order valence-electron chi connectivity index (χ2n) is 3.19. The molecule has 0 spiro atoms. The lowest BCUT2D eigenvalue weighted by Crippen LogP contribution is -2.30. The molecule has 0 radical (unpaired) electrons. The van der Waals surface area contributed by atoms with E-state index in [4.69, 9.17) is 26.2 Å². The van der Waals surface area contributed by atoms with E-state index in [1.807, 2.05) is 0 Å². The summed E-state index contributed by atoms with van der Waals surface area (Å²) < 4.78 is 33.8. The first kappa shape index (κ1) is 13.2. The summed E-state index contributed by atoms with van der Waals surface area (Å²) in [5.74, 6) is -1.23. The molecule has 1 aliphatic rings. The van der Waals surface area contributed by atoms with Gasteiger partial charge in [0.25, 0.3) is 5.79 Å². The first-order valence-corrected chi connectivity index (χ1v) is 8.14. The number of nitrogens with two attached hydrogens (primary N) is 1. The van der Waals surface area contributed by atoms with Crippen molar-refractivity contribution in [3.05, 3.63) is 28.5 Å². The molecular weight excluding hydrogens is 354 g/mol. The normalized spacial score (nSPS) is 17.8. The zero-order chi connectivity index (χ0) is 12.7. The summed E-state index contributed by atoms with van der Waals surface area (Å²) in [6.45, 7) is 0. The van der Waals surface area contributed by atoms with E-state index in [9.17, 15) is 8.42 Å². The van der Waals surface area contributed by atoms with Crippen LogP contribution in [0.1, 0.15) is 5.56 Å². The number of thiophene rings is 1. The molecule has 0 aromatic carbocycles. The van der Waals surface area contributed by atoms with Crippen LogP contribution in [0.15, 0.2) is 22.8 Å². The van der Waals surface area contributed by atoms with E-state index < -0.39 is 15.8 Å². The zero-order valence-corrected chi connectivity index (χ0v) is 12.2. The van der Waals surface area contributed by atoms with Gasteiger partial charge >= 0.3 is 0 Å². The van der Waals surface area contributed by atoms with Crippen LogP contribution in [0.2, 0.25) is 4.34 Å². The zero-order valence-electron chi connectivity index (χ0n) is 8.22. The highest BCUT2D eigenvalue weighted by Crippen LogP contribution is 2.42. The summed E-state index contributed by atoms with van der Waals surface area (Å²) in [5, 5.41) is 5.37. The Morgan fingerprint density at radius 3 is 2.53 bits per heavy atom. The minimum Gasteiger partial charge on any atom is -0.452 e. The average molecular weight is 361 g/mol. The van der Waals surface area contributed by atoms with Gasteiger partial charge in [-0.05, 0) is 6.07 Å². The fraction of sp³-hybridized carbons (Fsp3) is 0.250. The molecule has 0 aliphatic carbocycles. The van der Waals surface area contributed by atoms with Crippen molar-refractivity contribution in [1.29, 1.82) is 0 Å². The largest absolute Gasteiger partial charge is 0.452 e. The number of primary sulfonamides is 1. The molecule has 0 fully saturated rings. The van der Waals surface area contributed by atoms with E-state index >= 15 is 0 Å². The highest BCUT2D eigenvalue weighted by Gasteiger charge is 2.42. The van der Waals surface area contributed by atoms with Crippen molar-refractivity contribution >= 4 is 48.9 Å². The molecule has 1 aromatic heterocycles. The Balaban J connectivity index is 2.59. The highest BCUT2D eigenvalue weighted by molar-refractivity contribution is 9.09. The molecule has 9 heteroatoms. The second-order valence-corrected chi connectivity index (χ2v) is 7.19. The van der Waals surface area contributed by atoms with Crippen molar-refractivity contribution < 1.29 is 17.9 Å². The lowest BCUT2D eigenvalue weighted by atomic mass is 10.2. The topological polar surface area (TPSA) is 78.6 Å². The van der Waals surface area contributed by atoms with Crippen molar-refractivity contribution in [2.24, 2.45) is 5.14 Å². The third kappa shape index (κ3) is 2.32. The maximum atomic E-state index is 11.5. The first-order valence-electron chi connectivity index (χ1n) is 4.28. The summed E-state index contributed by atoms with van der Waals surface area (Å²) in [6.07, 6.45) is 2.67. The minimum atomic E-state index is -3.87. The third-order valence-corrected chi connectivity index (χ3v) is 5.57. The van der Waals surface area contributed by atoms with Crippen LogP contribution >= 0.6 is 38.9 Å². The number of hydrogen-bond donors (Lipinski definition) is 1. The van der Waals surface area contributed by atoms with E-state index in [1.54, 1.807) is 0 Å². The van der Waals surface area contributed by atoms with Crippen molar-refractivity contribution in [1.82, 2.24) is 0 Å². The maximum Gasteiger partial charge on any atom is 0.288 e. The highest BCUT2D eigenvalue weighted by atomic mass is 79.9. The molecule has 5 nitrogen and oxygen atoms in total. The molecule has 0 saturated carbocycles. The molecule has 2 heterocycles. The summed E-state index contributed by atoms with van der Waals surface area (Å²) in [6, 6.07) is 1.47. The summed E-state index contributed by atoms with van der Waals surface area (Å²) in [5.41, 5.74) is 0.289. The minimum absolute atomic E-state index is 0.0642. The number of sulfonamides is 1. The Bertz CT molecular complexity index is 560. The van der Waals surface area contributed by atoms with Gasteiger partial charge in [-0.2, -0.15) is 0 Å². The van der Waals surface area contributed by atoms with Crippen molar-refractivity contribution in [2.45, 2.75) is 10.00 Å². The Kier molecular flexibility index (Phi) is 3.43. The predicted octanol–water partition coefficient (Wildman–Crippen LogP) is 2.11. The molecule has 0 bridgehead atoms. The molecule has 94 valence electrons. The fourth-order valence-corrected chi connectivity index (χ4v) is 4.36. The van der Waals surface area contributed by atoms with Gasteiger partial charge in [0.1, 0.15) is 16.7 Å². The molecular formula is C8H7BrClNO4S2. The van der Waals surface area contributed by atoms with Crippen LogP contribution in [0.3, 0.4) is 0 Å². The number of rotatable bonds is 3. The molecule has 0 unspecified atom stereocenters. The Hall–Kier alpha value is -0.280. The van der Waals surface area contributed by atoms with Gasteiger partial charge < -0.3 is 9.47 Å². The van der Waals surface area contributed by atoms with E-state index in [1.165, 1.54) is 18.6 Å². The lowest BCUT2D eigenvalue weighted by molar-refractivity contribution is -0.129. The quantitative estimate of drug-likeness (QED) is 0.837. The summed E-state index contributed by atoms with van der Waals surface area (Å²) in [7, 11) is -3.87. The van der Waals surface area contributed by atoms with E-state index in [0.29, 0.717) is 4.34 Å². The SMILES string of the molecule is NS(=O)(=O)c1sc(Cl)cc1C1(CBr)OC=CO1. The van der Waals surface area contributed by atoms with E-state index in [2.05, 4.69) is 15.9 Å². The lowest BCUT2D eigenvalue weighted by Gasteiger charge is -2.25. The van der Waals surface area contributed by atoms with Crippen molar-refractivity contribution in [3.8, 4) is 0 Å². The standard InChI is InChI=1S/C8H7BrClNO4S2/c9-4-8(14-1-2-15-8)5-3-6(10)16-7(5)17(11,12)13/h1-3H,4H2,(H2,11,12,13). The summed E-state index contributed by atoms with van der Waals surface area (Å²) >= 11 is 9.90. The molecule has 2 rings (SSSR count). The Morgan fingerprint density at radius 2 is 2.06 bits per heavy atom. The molecule has 0 amide bonds. The van der Waals surface area contributed by atoms with Gasteiger partial charge in [-0.25, -0.2) is 13.6 Å². The molecule has 2 N–H and O–H groups in total. The monoisotopic (exact) mass is 359 g/mol. The van der Waals surface area contributed by atoms with Gasteiger partial charge in [-0.3, -0.25) is 0 Å². The third-order valence-electron chi connectivity index (χ3n) is 2.09. The van der Waals surface area contributed by atoms with Gasteiger partial charge in [-0.1, -0.05) is 27.5 Å². The second kappa shape index (κ2) is 4.43. The van der Waals surface area contributed by atoms with Gasteiger partial charge in [0.15, 0.2) is 0 Å². The van der Waals surface area contributed by atoms with Crippen LogP contribution in [0, 0.1) is 0 Å². The van der Waals surface area contributed by atoms with Gasteiger partial charge in [0.05, 0.1) is 15.2 Å².